The van der Waals surface area contributed by atoms with Gasteiger partial charge in [0.15, 0.2) is 0 Å². The highest BCUT2D eigenvalue weighted by atomic mass is 32.2. The van der Waals surface area contributed by atoms with Gasteiger partial charge in [0, 0.05) is 32.4 Å². The van der Waals surface area contributed by atoms with Crippen LogP contribution in [0.3, 0.4) is 0 Å². The molecular weight excluding hydrogens is 369 g/mol. The molecule has 1 aromatic heterocycles. The average Bonchev–Trinajstić information content (AvgIpc) is 2.62. The Balaban J connectivity index is 1.66. The van der Waals surface area contributed by atoms with Crippen LogP contribution in [-0.4, -0.2) is 48.9 Å². The van der Waals surface area contributed by atoms with Gasteiger partial charge in [0.25, 0.3) is 0 Å². The second kappa shape index (κ2) is 7.20. The zero-order valence-corrected chi connectivity index (χ0v) is 14.5. The van der Waals surface area contributed by atoms with Gasteiger partial charge in [-0.05, 0) is 11.6 Å². The highest BCUT2D eigenvalue weighted by Crippen LogP contribution is 2.28. The van der Waals surface area contributed by atoms with Gasteiger partial charge in [-0.25, -0.2) is 18.4 Å². The molecule has 0 radical (unpaired) electrons. The minimum absolute atomic E-state index is 0.0417. The molecule has 0 saturated carbocycles. The molecule has 0 spiro atoms. The lowest BCUT2D eigenvalue weighted by molar-refractivity contribution is -0.141. The molecule has 0 aliphatic carbocycles. The minimum Gasteiger partial charge on any atom is -0.338 e. The summed E-state index contributed by atoms with van der Waals surface area (Å²) < 4.78 is 64.7. The maximum absolute atomic E-state index is 12.8. The summed E-state index contributed by atoms with van der Waals surface area (Å²) in [5, 5.41) is 0. The van der Waals surface area contributed by atoms with Crippen molar-refractivity contribution in [2.45, 2.75) is 11.9 Å². The van der Waals surface area contributed by atoms with Gasteiger partial charge in [-0.15, -0.1) is 0 Å². The van der Waals surface area contributed by atoms with E-state index in [9.17, 15) is 21.6 Å². The molecule has 0 bridgehead atoms. The number of alkyl halides is 3. The molecule has 140 valence electrons. The van der Waals surface area contributed by atoms with Crippen LogP contribution in [0.1, 0.15) is 11.3 Å². The Kier molecular flexibility index (Phi) is 5.15. The van der Waals surface area contributed by atoms with E-state index in [1.54, 1.807) is 29.2 Å². The molecule has 0 amide bonds. The van der Waals surface area contributed by atoms with Crippen molar-refractivity contribution in [3.8, 4) is 0 Å². The molecule has 0 unspecified atom stereocenters. The van der Waals surface area contributed by atoms with Crippen LogP contribution in [0.4, 0.5) is 19.1 Å². The highest BCUT2D eigenvalue weighted by molar-refractivity contribution is 7.88. The Bertz CT molecular complexity index is 851. The molecule has 1 aliphatic rings. The highest BCUT2D eigenvalue weighted by Gasteiger charge is 2.34. The summed E-state index contributed by atoms with van der Waals surface area (Å²) in [7, 11) is -3.49. The van der Waals surface area contributed by atoms with Crippen molar-refractivity contribution in [3.63, 3.8) is 0 Å². The normalized spacial score (nSPS) is 16.7. The number of anilines is 1. The van der Waals surface area contributed by atoms with E-state index < -0.39 is 21.9 Å². The molecule has 6 nitrogen and oxygen atoms in total. The molecule has 2 aromatic rings. The molecular formula is C16H17F3N4O2S. The number of hydrogen-bond donors (Lipinski definition) is 0. The van der Waals surface area contributed by atoms with E-state index in [0.717, 1.165) is 12.3 Å². The van der Waals surface area contributed by atoms with Crippen molar-refractivity contribution in [3.05, 3.63) is 53.9 Å². The van der Waals surface area contributed by atoms with Crippen LogP contribution in [0.5, 0.6) is 0 Å². The van der Waals surface area contributed by atoms with Crippen LogP contribution < -0.4 is 4.90 Å². The van der Waals surface area contributed by atoms with E-state index >= 15 is 0 Å². The monoisotopic (exact) mass is 386 g/mol. The molecule has 1 fully saturated rings. The molecule has 1 aliphatic heterocycles. The number of sulfonamides is 1. The summed E-state index contributed by atoms with van der Waals surface area (Å²) in [5.41, 5.74) is -0.322. The van der Waals surface area contributed by atoms with Crippen molar-refractivity contribution in [2.75, 3.05) is 31.1 Å². The summed E-state index contributed by atoms with van der Waals surface area (Å²) in [6.07, 6.45) is -3.48. The van der Waals surface area contributed by atoms with E-state index in [1.165, 1.54) is 4.31 Å². The van der Waals surface area contributed by atoms with Crippen molar-refractivity contribution in [1.29, 1.82) is 0 Å². The van der Waals surface area contributed by atoms with Gasteiger partial charge in [0.2, 0.25) is 16.0 Å². The number of nitrogens with zero attached hydrogens (tertiary/aromatic N) is 4. The molecule has 3 rings (SSSR count). The Hall–Kier alpha value is -2.20. The van der Waals surface area contributed by atoms with Gasteiger partial charge < -0.3 is 4.90 Å². The second-order valence-corrected chi connectivity index (χ2v) is 7.84. The first-order chi connectivity index (χ1) is 12.3. The Labute approximate surface area is 149 Å². The zero-order chi connectivity index (χ0) is 18.8. The van der Waals surface area contributed by atoms with Crippen LogP contribution >= 0.6 is 0 Å². The van der Waals surface area contributed by atoms with Crippen LogP contribution in [0.25, 0.3) is 0 Å². The van der Waals surface area contributed by atoms with E-state index in [0.29, 0.717) is 5.56 Å². The second-order valence-electron chi connectivity index (χ2n) is 5.87. The SMILES string of the molecule is O=S(=O)(Cc1ccccc1)N1CCN(c2nccc(C(F)(F)F)n2)CC1. The first kappa shape index (κ1) is 18.6. The first-order valence-corrected chi connectivity index (χ1v) is 9.53. The van der Waals surface area contributed by atoms with E-state index in [-0.39, 0.29) is 37.9 Å². The lowest BCUT2D eigenvalue weighted by Gasteiger charge is -2.34. The van der Waals surface area contributed by atoms with Gasteiger partial charge in [-0.3, -0.25) is 0 Å². The molecule has 0 N–H and O–H groups in total. The largest absolute Gasteiger partial charge is 0.433 e. The van der Waals surface area contributed by atoms with Crippen LogP contribution in [0.2, 0.25) is 0 Å². The summed E-state index contributed by atoms with van der Waals surface area (Å²) >= 11 is 0. The van der Waals surface area contributed by atoms with Crippen LogP contribution in [0, 0.1) is 0 Å². The smallest absolute Gasteiger partial charge is 0.338 e. The maximum atomic E-state index is 12.8. The summed E-state index contributed by atoms with van der Waals surface area (Å²) in [6.45, 7) is 0.814. The maximum Gasteiger partial charge on any atom is 0.433 e. The third-order valence-corrected chi connectivity index (χ3v) is 5.89. The molecule has 10 heteroatoms. The Morgan fingerprint density at radius 3 is 2.27 bits per heavy atom. The van der Waals surface area contributed by atoms with Crippen molar-refractivity contribution in [1.82, 2.24) is 14.3 Å². The van der Waals surface area contributed by atoms with Crippen molar-refractivity contribution >= 4 is 16.0 Å². The van der Waals surface area contributed by atoms with Gasteiger partial charge in [0.1, 0.15) is 5.69 Å². The molecule has 26 heavy (non-hydrogen) atoms. The van der Waals surface area contributed by atoms with Gasteiger partial charge >= 0.3 is 6.18 Å². The standard InChI is InChI=1S/C16H17F3N4O2S/c17-16(18,19)14-6-7-20-15(21-14)22-8-10-23(11-9-22)26(24,25)12-13-4-2-1-3-5-13/h1-7H,8-12H2. The topological polar surface area (TPSA) is 66.4 Å². The van der Waals surface area contributed by atoms with Crippen molar-refractivity contribution < 1.29 is 21.6 Å². The quantitative estimate of drug-likeness (QED) is 0.806. The number of rotatable bonds is 4. The van der Waals surface area contributed by atoms with E-state index in [1.807, 2.05) is 6.07 Å². The number of halogens is 3. The summed E-state index contributed by atoms with van der Waals surface area (Å²) in [6, 6.07) is 9.64. The predicted molar refractivity (Wildman–Crippen MR) is 89.9 cm³/mol. The zero-order valence-electron chi connectivity index (χ0n) is 13.7. The first-order valence-electron chi connectivity index (χ1n) is 7.93. The number of piperazine rings is 1. The van der Waals surface area contributed by atoms with Crippen LogP contribution in [-0.2, 0) is 22.0 Å². The van der Waals surface area contributed by atoms with E-state index in [4.69, 9.17) is 0 Å². The fourth-order valence-corrected chi connectivity index (χ4v) is 4.22. The summed E-state index contributed by atoms with van der Waals surface area (Å²) in [5.74, 6) is -0.145. The van der Waals surface area contributed by atoms with Gasteiger partial charge in [-0.1, -0.05) is 30.3 Å². The van der Waals surface area contributed by atoms with Gasteiger partial charge in [0.05, 0.1) is 5.75 Å². The number of benzene rings is 1. The average molecular weight is 386 g/mol. The van der Waals surface area contributed by atoms with Crippen molar-refractivity contribution in [2.24, 2.45) is 0 Å². The molecule has 1 saturated heterocycles. The van der Waals surface area contributed by atoms with Gasteiger partial charge in [-0.2, -0.15) is 17.5 Å². The third-order valence-electron chi connectivity index (χ3n) is 4.04. The van der Waals surface area contributed by atoms with E-state index in [2.05, 4.69) is 9.97 Å². The molecule has 1 aromatic carbocycles. The lowest BCUT2D eigenvalue weighted by Crippen LogP contribution is -2.49. The molecule has 2 heterocycles. The Morgan fingerprint density at radius 2 is 1.65 bits per heavy atom. The predicted octanol–water partition coefficient (Wildman–Crippen LogP) is 2.15. The minimum atomic E-state index is -4.54. The fraction of sp³-hybridized carbons (Fsp3) is 0.375. The number of hydrogen-bond acceptors (Lipinski definition) is 5. The fourth-order valence-electron chi connectivity index (χ4n) is 2.70. The molecule has 0 atom stereocenters. The summed E-state index contributed by atoms with van der Waals surface area (Å²) in [4.78, 5) is 8.98. The Morgan fingerprint density at radius 1 is 1.00 bits per heavy atom. The lowest BCUT2D eigenvalue weighted by atomic mass is 10.2. The third kappa shape index (κ3) is 4.31. The number of aromatic nitrogens is 2. The van der Waals surface area contributed by atoms with Crippen LogP contribution in [0.15, 0.2) is 42.6 Å².